The van der Waals surface area contributed by atoms with Crippen molar-refractivity contribution in [3.8, 4) is 0 Å². The second-order valence-corrected chi connectivity index (χ2v) is 7.35. The second kappa shape index (κ2) is 5.45. The zero-order valence-corrected chi connectivity index (χ0v) is 13.7. The highest BCUT2D eigenvalue weighted by atomic mass is 79.9. The number of benzene rings is 2. The van der Waals surface area contributed by atoms with Crippen LogP contribution in [0.25, 0.3) is 10.8 Å². The molecule has 2 aromatic carbocycles. The highest BCUT2D eigenvalue weighted by Crippen LogP contribution is 2.36. The van der Waals surface area contributed by atoms with Gasteiger partial charge in [0.15, 0.2) is 0 Å². The molecule has 0 spiro atoms. The summed E-state index contributed by atoms with van der Waals surface area (Å²) in [5.41, 5.74) is 1.09. The van der Waals surface area contributed by atoms with E-state index in [1.165, 1.54) is 22.1 Å². The Morgan fingerprint density at radius 1 is 0.947 bits per heavy atom. The molecule has 19 heavy (non-hydrogen) atoms. The standard InChI is InChI=1S/C15H9BrCl2S/c16-12-4-3-9-7-11(2-1-10(9)8-12)15(18)13-5-6-14(17)19-13/h1-8,15H. The molecule has 1 unspecified atom stereocenters. The molecule has 0 amide bonds. The predicted molar refractivity (Wildman–Crippen MR) is 88.7 cm³/mol. The quantitative estimate of drug-likeness (QED) is 0.442. The summed E-state index contributed by atoms with van der Waals surface area (Å²) in [6.45, 7) is 0. The molecule has 3 rings (SSSR count). The number of rotatable bonds is 2. The van der Waals surface area contributed by atoms with Crippen molar-refractivity contribution in [3.05, 3.63) is 67.8 Å². The van der Waals surface area contributed by atoms with Crippen molar-refractivity contribution in [2.24, 2.45) is 0 Å². The Morgan fingerprint density at radius 3 is 2.42 bits per heavy atom. The lowest BCUT2D eigenvalue weighted by molar-refractivity contribution is 1.19. The van der Waals surface area contributed by atoms with Crippen molar-refractivity contribution in [1.82, 2.24) is 0 Å². The van der Waals surface area contributed by atoms with Crippen molar-refractivity contribution in [2.45, 2.75) is 5.38 Å². The number of hydrogen-bond donors (Lipinski definition) is 0. The first kappa shape index (κ1) is 13.4. The van der Waals surface area contributed by atoms with Gasteiger partial charge in [0, 0.05) is 9.35 Å². The second-order valence-electron chi connectivity index (χ2n) is 4.26. The van der Waals surface area contributed by atoms with Gasteiger partial charge in [-0.1, -0.05) is 45.7 Å². The fraction of sp³-hybridized carbons (Fsp3) is 0.0667. The Kier molecular flexibility index (Phi) is 3.86. The minimum Gasteiger partial charge on any atom is -0.127 e. The Labute approximate surface area is 134 Å². The Morgan fingerprint density at radius 2 is 1.68 bits per heavy atom. The van der Waals surface area contributed by atoms with Gasteiger partial charge in [-0.3, -0.25) is 0 Å². The van der Waals surface area contributed by atoms with Gasteiger partial charge in [-0.05, 0) is 46.7 Å². The molecule has 0 saturated heterocycles. The monoisotopic (exact) mass is 370 g/mol. The van der Waals surface area contributed by atoms with Crippen LogP contribution in [0.15, 0.2) is 53.0 Å². The summed E-state index contributed by atoms with van der Waals surface area (Å²) >= 11 is 17.5. The fourth-order valence-corrected chi connectivity index (χ4v) is 3.81. The van der Waals surface area contributed by atoms with Gasteiger partial charge in [-0.25, -0.2) is 0 Å². The molecule has 0 radical (unpaired) electrons. The molecule has 0 bridgehead atoms. The number of halogens is 3. The van der Waals surface area contributed by atoms with Gasteiger partial charge in [0.25, 0.3) is 0 Å². The Balaban J connectivity index is 2.03. The number of alkyl halides is 1. The summed E-state index contributed by atoms with van der Waals surface area (Å²) in [5, 5.41) is 2.24. The maximum atomic E-state index is 6.52. The minimum atomic E-state index is -0.148. The van der Waals surface area contributed by atoms with Gasteiger partial charge in [-0.15, -0.1) is 22.9 Å². The summed E-state index contributed by atoms with van der Waals surface area (Å²) in [6, 6.07) is 16.4. The summed E-state index contributed by atoms with van der Waals surface area (Å²) in [5.74, 6) is 0. The summed E-state index contributed by atoms with van der Waals surface area (Å²) in [6.07, 6.45) is 0. The molecule has 1 aromatic heterocycles. The maximum absolute atomic E-state index is 6.52. The molecule has 0 N–H and O–H groups in total. The van der Waals surface area contributed by atoms with E-state index in [-0.39, 0.29) is 5.38 Å². The first-order valence-electron chi connectivity index (χ1n) is 5.72. The predicted octanol–water partition coefficient (Wildman–Crippen LogP) is 6.65. The van der Waals surface area contributed by atoms with Crippen LogP contribution in [0.1, 0.15) is 15.8 Å². The lowest BCUT2D eigenvalue weighted by Crippen LogP contribution is -1.89. The van der Waals surface area contributed by atoms with E-state index >= 15 is 0 Å². The van der Waals surface area contributed by atoms with Crippen LogP contribution in [0.2, 0.25) is 4.34 Å². The van der Waals surface area contributed by atoms with Gasteiger partial charge in [0.1, 0.15) is 0 Å². The lowest BCUT2D eigenvalue weighted by Gasteiger charge is -2.09. The van der Waals surface area contributed by atoms with E-state index in [1.807, 2.05) is 18.2 Å². The third-order valence-electron chi connectivity index (χ3n) is 2.96. The molecule has 3 aromatic rings. The minimum absolute atomic E-state index is 0.148. The van der Waals surface area contributed by atoms with Crippen LogP contribution in [0.4, 0.5) is 0 Å². The summed E-state index contributed by atoms with van der Waals surface area (Å²) in [4.78, 5) is 1.07. The van der Waals surface area contributed by atoms with Crippen LogP contribution in [0.3, 0.4) is 0 Å². The first-order valence-corrected chi connectivity index (χ1v) is 8.14. The number of thiophene rings is 1. The molecular formula is C15H9BrCl2S. The largest absolute Gasteiger partial charge is 0.127 e. The van der Waals surface area contributed by atoms with Gasteiger partial charge in [0.2, 0.25) is 0 Å². The van der Waals surface area contributed by atoms with Crippen LogP contribution in [-0.2, 0) is 0 Å². The maximum Gasteiger partial charge on any atom is 0.0931 e. The zero-order valence-electron chi connectivity index (χ0n) is 9.74. The van der Waals surface area contributed by atoms with Crippen LogP contribution in [0.5, 0.6) is 0 Å². The van der Waals surface area contributed by atoms with Crippen LogP contribution < -0.4 is 0 Å². The van der Waals surface area contributed by atoms with E-state index in [0.29, 0.717) is 0 Å². The number of hydrogen-bond acceptors (Lipinski definition) is 1. The zero-order chi connectivity index (χ0) is 13.4. The molecule has 0 aliphatic rings. The fourth-order valence-electron chi connectivity index (χ4n) is 2.02. The molecule has 0 nitrogen and oxygen atoms in total. The van der Waals surface area contributed by atoms with Crippen molar-refractivity contribution in [2.75, 3.05) is 0 Å². The third kappa shape index (κ3) is 2.82. The topological polar surface area (TPSA) is 0 Å². The van der Waals surface area contributed by atoms with E-state index in [4.69, 9.17) is 23.2 Å². The van der Waals surface area contributed by atoms with Crippen LogP contribution in [0, 0.1) is 0 Å². The molecule has 1 atom stereocenters. The molecule has 0 fully saturated rings. The van der Waals surface area contributed by atoms with Gasteiger partial charge in [-0.2, -0.15) is 0 Å². The normalized spacial score (nSPS) is 12.8. The van der Waals surface area contributed by atoms with Gasteiger partial charge >= 0.3 is 0 Å². The van der Waals surface area contributed by atoms with E-state index in [9.17, 15) is 0 Å². The van der Waals surface area contributed by atoms with E-state index in [1.54, 1.807) is 0 Å². The lowest BCUT2D eigenvalue weighted by atomic mass is 10.0. The highest BCUT2D eigenvalue weighted by molar-refractivity contribution is 9.10. The first-order chi connectivity index (χ1) is 9.13. The molecule has 1 heterocycles. The SMILES string of the molecule is Clc1ccc(C(Cl)c2ccc3cc(Br)ccc3c2)s1. The molecular weight excluding hydrogens is 363 g/mol. The average molecular weight is 372 g/mol. The van der Waals surface area contributed by atoms with Gasteiger partial charge < -0.3 is 0 Å². The Bertz CT molecular complexity index is 736. The van der Waals surface area contributed by atoms with E-state index in [2.05, 4.69) is 46.3 Å². The highest BCUT2D eigenvalue weighted by Gasteiger charge is 2.13. The number of fused-ring (bicyclic) bond motifs is 1. The molecule has 4 heteroatoms. The van der Waals surface area contributed by atoms with Crippen LogP contribution in [-0.4, -0.2) is 0 Å². The summed E-state index contributed by atoms with van der Waals surface area (Å²) < 4.78 is 1.85. The molecule has 0 aliphatic heterocycles. The van der Waals surface area contributed by atoms with Crippen molar-refractivity contribution < 1.29 is 0 Å². The van der Waals surface area contributed by atoms with E-state index < -0.39 is 0 Å². The molecule has 0 aliphatic carbocycles. The van der Waals surface area contributed by atoms with Crippen molar-refractivity contribution in [1.29, 1.82) is 0 Å². The average Bonchev–Trinajstić information content (AvgIpc) is 2.84. The third-order valence-corrected chi connectivity index (χ3v) is 5.37. The smallest absolute Gasteiger partial charge is 0.0931 e. The summed E-state index contributed by atoms with van der Waals surface area (Å²) in [7, 11) is 0. The van der Waals surface area contributed by atoms with Crippen LogP contribution >= 0.6 is 50.5 Å². The van der Waals surface area contributed by atoms with E-state index in [0.717, 1.165) is 19.2 Å². The molecule has 0 saturated carbocycles. The Hall–Kier alpha value is -0.540. The van der Waals surface area contributed by atoms with Crippen molar-refractivity contribution >= 4 is 61.2 Å². The van der Waals surface area contributed by atoms with Gasteiger partial charge in [0.05, 0.1) is 9.71 Å². The molecule has 96 valence electrons. The van der Waals surface area contributed by atoms with Crippen molar-refractivity contribution in [3.63, 3.8) is 0 Å².